The van der Waals surface area contributed by atoms with Crippen LogP contribution in [-0.4, -0.2) is 53.4 Å². The number of halogens is 1. The van der Waals surface area contributed by atoms with Gasteiger partial charge in [-0.2, -0.15) is 0 Å². The van der Waals surface area contributed by atoms with Crippen LogP contribution >= 0.6 is 0 Å². The molecule has 1 fully saturated rings. The molecule has 1 saturated heterocycles. The summed E-state index contributed by atoms with van der Waals surface area (Å²) >= 11 is 0. The quantitative estimate of drug-likeness (QED) is 0.721. The van der Waals surface area contributed by atoms with E-state index in [1.807, 2.05) is 4.90 Å². The number of likely N-dealkylation sites (tertiary alicyclic amines) is 1. The van der Waals surface area contributed by atoms with Crippen molar-refractivity contribution >= 4 is 11.9 Å². The Morgan fingerprint density at radius 3 is 2.38 bits per heavy atom. The normalized spacial score (nSPS) is 26.6. The van der Waals surface area contributed by atoms with Crippen LogP contribution in [0.25, 0.3) is 0 Å². The van der Waals surface area contributed by atoms with Crippen molar-refractivity contribution in [1.29, 1.82) is 0 Å². The largest absolute Gasteiger partial charge is 0.481 e. The van der Waals surface area contributed by atoms with Crippen molar-refractivity contribution in [2.75, 3.05) is 26.3 Å². The molecule has 0 amide bonds. The first-order chi connectivity index (χ1) is 7.56. The molecule has 0 aromatic rings. The van der Waals surface area contributed by atoms with Gasteiger partial charge in [-0.25, -0.2) is 0 Å². The molecule has 92 valence electrons. The van der Waals surface area contributed by atoms with Crippen LogP contribution in [0.1, 0.15) is 12.8 Å². The molecule has 1 aliphatic heterocycles. The summed E-state index contributed by atoms with van der Waals surface area (Å²) in [5.41, 5.74) is 0. The van der Waals surface area contributed by atoms with Crippen LogP contribution in [0, 0.1) is 11.8 Å². The number of hydrogen-bond acceptors (Lipinski definition) is 3. The van der Waals surface area contributed by atoms with Crippen molar-refractivity contribution in [3.8, 4) is 0 Å². The standard InChI is InChI=1S/C10H16FNO4/c11-3-1-4-12-5-2-7(9(13)14)8(6-12)10(15)16/h7-8H,1-6H2,(H,13,14)(H,15,16). The van der Waals surface area contributed by atoms with Crippen molar-refractivity contribution in [3.05, 3.63) is 0 Å². The summed E-state index contributed by atoms with van der Waals surface area (Å²) in [7, 11) is 0. The van der Waals surface area contributed by atoms with E-state index in [1.54, 1.807) is 0 Å². The van der Waals surface area contributed by atoms with E-state index in [2.05, 4.69) is 0 Å². The highest BCUT2D eigenvalue weighted by Gasteiger charge is 2.38. The third-order valence-corrected chi connectivity index (χ3v) is 2.94. The molecule has 2 N–H and O–H groups in total. The minimum atomic E-state index is -1.09. The molecule has 5 nitrogen and oxygen atoms in total. The van der Waals surface area contributed by atoms with Gasteiger partial charge in [-0.1, -0.05) is 0 Å². The maximum absolute atomic E-state index is 12.0. The monoisotopic (exact) mass is 233 g/mol. The van der Waals surface area contributed by atoms with E-state index in [1.165, 1.54) is 0 Å². The smallest absolute Gasteiger partial charge is 0.308 e. The second-order valence-electron chi connectivity index (χ2n) is 4.02. The van der Waals surface area contributed by atoms with Gasteiger partial charge in [0.05, 0.1) is 18.5 Å². The van der Waals surface area contributed by atoms with Gasteiger partial charge in [0.2, 0.25) is 0 Å². The molecule has 0 radical (unpaired) electrons. The molecule has 6 heteroatoms. The lowest BCUT2D eigenvalue weighted by Gasteiger charge is -2.34. The second kappa shape index (κ2) is 5.79. The molecular weight excluding hydrogens is 217 g/mol. The molecule has 1 aliphatic rings. The molecule has 1 rings (SSSR count). The van der Waals surface area contributed by atoms with Gasteiger partial charge >= 0.3 is 11.9 Å². The zero-order valence-electron chi connectivity index (χ0n) is 8.93. The Hall–Kier alpha value is -1.17. The number of carboxylic acids is 2. The van der Waals surface area contributed by atoms with Crippen molar-refractivity contribution in [3.63, 3.8) is 0 Å². The summed E-state index contributed by atoms with van der Waals surface area (Å²) in [6.45, 7) is 0.788. The Balaban J connectivity index is 2.58. The maximum atomic E-state index is 12.0. The van der Waals surface area contributed by atoms with Gasteiger partial charge < -0.3 is 15.1 Å². The molecular formula is C10H16FNO4. The van der Waals surface area contributed by atoms with Crippen molar-refractivity contribution in [2.45, 2.75) is 12.8 Å². The van der Waals surface area contributed by atoms with Crippen LogP contribution in [0.4, 0.5) is 4.39 Å². The zero-order chi connectivity index (χ0) is 12.1. The average molecular weight is 233 g/mol. The number of carbonyl (C=O) groups is 2. The number of hydrogen-bond donors (Lipinski definition) is 2. The van der Waals surface area contributed by atoms with Gasteiger partial charge in [-0.15, -0.1) is 0 Å². The summed E-state index contributed by atoms with van der Waals surface area (Å²) in [5, 5.41) is 17.8. The fraction of sp³-hybridized carbons (Fsp3) is 0.800. The minimum Gasteiger partial charge on any atom is -0.481 e. The number of piperidine rings is 1. The van der Waals surface area contributed by atoms with Crippen molar-refractivity contribution in [2.24, 2.45) is 11.8 Å². The lowest BCUT2D eigenvalue weighted by molar-refractivity contribution is -0.157. The third-order valence-electron chi connectivity index (χ3n) is 2.94. The van der Waals surface area contributed by atoms with Gasteiger partial charge in [0.15, 0.2) is 0 Å². The zero-order valence-corrected chi connectivity index (χ0v) is 8.93. The molecule has 0 aromatic carbocycles. The van der Waals surface area contributed by atoms with Crippen LogP contribution in [-0.2, 0) is 9.59 Å². The molecule has 0 aromatic heterocycles. The number of aliphatic carboxylic acids is 2. The number of carboxylic acid groups (broad SMARTS) is 2. The van der Waals surface area contributed by atoms with Crippen LogP contribution in [0.2, 0.25) is 0 Å². The first-order valence-electron chi connectivity index (χ1n) is 5.30. The van der Waals surface area contributed by atoms with Crippen molar-refractivity contribution < 1.29 is 24.2 Å². The van der Waals surface area contributed by atoms with Crippen LogP contribution in [0.3, 0.4) is 0 Å². The topological polar surface area (TPSA) is 77.8 Å². The van der Waals surface area contributed by atoms with E-state index >= 15 is 0 Å². The molecule has 0 saturated carbocycles. The Morgan fingerprint density at radius 1 is 1.25 bits per heavy atom. The fourth-order valence-corrected chi connectivity index (χ4v) is 2.05. The highest BCUT2D eigenvalue weighted by molar-refractivity contribution is 5.80. The van der Waals surface area contributed by atoms with Crippen LogP contribution in [0.15, 0.2) is 0 Å². The number of nitrogens with zero attached hydrogens (tertiary/aromatic N) is 1. The molecule has 2 unspecified atom stereocenters. The van der Waals surface area contributed by atoms with Gasteiger partial charge in [0, 0.05) is 13.1 Å². The number of alkyl halides is 1. The second-order valence-corrected chi connectivity index (χ2v) is 4.02. The molecule has 1 heterocycles. The fourth-order valence-electron chi connectivity index (χ4n) is 2.05. The first-order valence-corrected chi connectivity index (χ1v) is 5.30. The molecule has 2 atom stereocenters. The molecule has 0 bridgehead atoms. The number of rotatable bonds is 5. The van der Waals surface area contributed by atoms with E-state index in [0.717, 1.165) is 0 Å². The minimum absolute atomic E-state index is 0.201. The van der Waals surface area contributed by atoms with E-state index in [0.29, 0.717) is 25.9 Å². The van der Waals surface area contributed by atoms with E-state index in [9.17, 15) is 14.0 Å². The van der Waals surface area contributed by atoms with Gasteiger partial charge in [-0.05, 0) is 19.4 Å². The van der Waals surface area contributed by atoms with Gasteiger partial charge in [0.25, 0.3) is 0 Å². The van der Waals surface area contributed by atoms with Crippen molar-refractivity contribution in [1.82, 2.24) is 4.90 Å². The lowest BCUT2D eigenvalue weighted by atomic mass is 9.85. The lowest BCUT2D eigenvalue weighted by Crippen LogP contribution is -2.46. The Morgan fingerprint density at radius 2 is 1.88 bits per heavy atom. The van der Waals surface area contributed by atoms with E-state index in [4.69, 9.17) is 10.2 Å². The summed E-state index contributed by atoms with van der Waals surface area (Å²) in [5.74, 6) is -3.85. The van der Waals surface area contributed by atoms with Gasteiger partial charge in [0.1, 0.15) is 0 Å². The predicted octanol–water partition coefficient (Wildman–Crippen LogP) is 0.453. The van der Waals surface area contributed by atoms with Gasteiger partial charge in [-0.3, -0.25) is 14.0 Å². The highest BCUT2D eigenvalue weighted by Crippen LogP contribution is 2.24. The third kappa shape index (κ3) is 3.16. The summed E-state index contributed by atoms with van der Waals surface area (Å²) in [4.78, 5) is 23.6. The summed E-state index contributed by atoms with van der Waals surface area (Å²) in [6, 6.07) is 0. The van der Waals surface area contributed by atoms with Crippen LogP contribution in [0.5, 0.6) is 0 Å². The summed E-state index contributed by atoms with van der Waals surface area (Å²) < 4.78 is 12.0. The van der Waals surface area contributed by atoms with Crippen LogP contribution < -0.4 is 0 Å². The predicted molar refractivity (Wildman–Crippen MR) is 53.9 cm³/mol. The first kappa shape index (κ1) is 12.9. The average Bonchev–Trinajstić information content (AvgIpc) is 2.25. The Bertz CT molecular complexity index is 272. The van der Waals surface area contributed by atoms with E-state index < -0.39 is 30.4 Å². The Kier molecular flexibility index (Phi) is 4.67. The molecule has 0 spiro atoms. The maximum Gasteiger partial charge on any atom is 0.308 e. The summed E-state index contributed by atoms with van der Waals surface area (Å²) in [6.07, 6.45) is 0.683. The SMILES string of the molecule is O=C(O)C1CCN(CCCF)CC1C(=O)O. The molecule has 16 heavy (non-hydrogen) atoms. The van der Waals surface area contributed by atoms with E-state index in [-0.39, 0.29) is 6.54 Å². The highest BCUT2D eigenvalue weighted by atomic mass is 19.1. The molecule has 0 aliphatic carbocycles. The Labute approximate surface area is 92.9 Å².